The minimum absolute atomic E-state index is 0.143. The van der Waals surface area contributed by atoms with Gasteiger partial charge in [0.15, 0.2) is 0 Å². The molecule has 0 aromatic heterocycles. The van der Waals surface area contributed by atoms with Crippen LogP contribution < -0.4 is 0 Å². The minimum Gasteiger partial charge on any atom is -0.246 e. The molecule has 0 saturated carbocycles. The largest absolute Gasteiger partial charge is 0.416 e. The van der Waals surface area contributed by atoms with Crippen molar-refractivity contribution in [2.45, 2.75) is 12.9 Å². The van der Waals surface area contributed by atoms with E-state index in [0.29, 0.717) is 0 Å². The second kappa shape index (κ2) is 3.65. The molecule has 0 nitrogen and oxygen atoms in total. The summed E-state index contributed by atoms with van der Waals surface area (Å²) in [6.45, 7) is -1.13. The van der Waals surface area contributed by atoms with Gasteiger partial charge in [-0.05, 0) is 12.1 Å². The Labute approximate surface area is 80.7 Å². The summed E-state index contributed by atoms with van der Waals surface area (Å²) in [5.74, 6) is 0. The van der Waals surface area contributed by atoms with E-state index in [2.05, 4.69) is 15.9 Å². The molecule has 0 N–H and O–H groups in total. The summed E-state index contributed by atoms with van der Waals surface area (Å²) in [7, 11) is 0. The van der Waals surface area contributed by atoms with Crippen molar-refractivity contribution in [1.29, 1.82) is 0 Å². The average Bonchev–Trinajstić information content (AvgIpc) is 2.02. The van der Waals surface area contributed by atoms with Crippen LogP contribution in [0.2, 0.25) is 0 Å². The van der Waals surface area contributed by atoms with Gasteiger partial charge in [0.1, 0.15) is 6.67 Å². The van der Waals surface area contributed by atoms with Crippen LogP contribution >= 0.6 is 15.9 Å². The smallest absolute Gasteiger partial charge is 0.246 e. The first kappa shape index (κ1) is 10.5. The second-order valence-electron chi connectivity index (χ2n) is 2.40. The highest BCUT2D eigenvalue weighted by molar-refractivity contribution is 9.10. The molecule has 0 saturated heterocycles. The van der Waals surface area contributed by atoms with Crippen molar-refractivity contribution in [2.75, 3.05) is 0 Å². The van der Waals surface area contributed by atoms with Gasteiger partial charge >= 0.3 is 6.18 Å². The summed E-state index contributed by atoms with van der Waals surface area (Å²) in [5.41, 5.74) is -1.28. The second-order valence-corrected chi connectivity index (χ2v) is 3.25. The molecule has 5 heteroatoms. The molecule has 0 aliphatic heterocycles. The topological polar surface area (TPSA) is 0 Å². The van der Waals surface area contributed by atoms with Crippen molar-refractivity contribution in [1.82, 2.24) is 0 Å². The molecular formula is C8H5BrF4. The molecule has 1 rings (SSSR count). The highest BCUT2D eigenvalue weighted by atomic mass is 79.9. The Morgan fingerprint density at radius 3 is 2.23 bits per heavy atom. The molecule has 0 radical (unpaired) electrons. The zero-order chi connectivity index (χ0) is 10.1. The first-order valence-electron chi connectivity index (χ1n) is 3.37. The van der Waals surface area contributed by atoms with E-state index in [0.717, 1.165) is 6.07 Å². The molecule has 0 aliphatic carbocycles. The van der Waals surface area contributed by atoms with Gasteiger partial charge in [-0.2, -0.15) is 13.2 Å². The van der Waals surface area contributed by atoms with E-state index >= 15 is 0 Å². The molecule has 0 unspecified atom stereocenters. The fraction of sp³-hybridized carbons (Fsp3) is 0.250. The molecule has 0 bridgehead atoms. The average molecular weight is 257 g/mol. The molecular weight excluding hydrogens is 252 g/mol. The van der Waals surface area contributed by atoms with Gasteiger partial charge in [0.05, 0.1) is 5.56 Å². The SMILES string of the molecule is FCc1c(Br)cccc1C(F)(F)F. The van der Waals surface area contributed by atoms with Gasteiger partial charge in [0, 0.05) is 10.0 Å². The Kier molecular flexibility index (Phi) is 2.95. The summed E-state index contributed by atoms with van der Waals surface area (Å²) >= 11 is 2.86. The molecule has 0 atom stereocenters. The third kappa shape index (κ3) is 2.21. The predicted octanol–water partition coefficient (Wildman–Crippen LogP) is 3.94. The van der Waals surface area contributed by atoms with Crippen LogP contribution in [0, 0.1) is 0 Å². The van der Waals surface area contributed by atoms with Crippen LogP contribution in [-0.4, -0.2) is 0 Å². The molecule has 0 fully saturated rings. The molecule has 0 heterocycles. The maximum Gasteiger partial charge on any atom is 0.416 e. The van der Waals surface area contributed by atoms with E-state index in [4.69, 9.17) is 0 Å². The quantitative estimate of drug-likeness (QED) is 0.668. The van der Waals surface area contributed by atoms with E-state index < -0.39 is 18.4 Å². The Hall–Kier alpha value is -0.580. The molecule has 1 aromatic carbocycles. The molecule has 72 valence electrons. The van der Waals surface area contributed by atoms with Gasteiger partial charge in [0.25, 0.3) is 0 Å². The van der Waals surface area contributed by atoms with E-state index in [1.807, 2.05) is 0 Å². The highest BCUT2D eigenvalue weighted by Gasteiger charge is 2.33. The van der Waals surface area contributed by atoms with Crippen LogP contribution in [0.25, 0.3) is 0 Å². The zero-order valence-corrected chi connectivity index (χ0v) is 7.91. The normalized spacial score (nSPS) is 11.8. The third-order valence-electron chi connectivity index (χ3n) is 1.56. The molecule has 0 amide bonds. The molecule has 13 heavy (non-hydrogen) atoms. The fourth-order valence-electron chi connectivity index (χ4n) is 0.960. The minimum atomic E-state index is -4.49. The number of hydrogen-bond acceptors (Lipinski definition) is 0. The van der Waals surface area contributed by atoms with Gasteiger partial charge in [-0.25, -0.2) is 4.39 Å². The van der Waals surface area contributed by atoms with Gasteiger partial charge < -0.3 is 0 Å². The third-order valence-corrected chi connectivity index (χ3v) is 2.30. The van der Waals surface area contributed by atoms with Crippen molar-refractivity contribution in [3.8, 4) is 0 Å². The Balaban J connectivity index is 3.29. The van der Waals surface area contributed by atoms with Gasteiger partial charge in [-0.1, -0.05) is 22.0 Å². The van der Waals surface area contributed by atoms with Crippen molar-refractivity contribution in [3.05, 3.63) is 33.8 Å². The number of hydrogen-bond donors (Lipinski definition) is 0. The summed E-state index contributed by atoms with van der Waals surface area (Å²) in [4.78, 5) is 0. The summed E-state index contributed by atoms with van der Waals surface area (Å²) < 4.78 is 49.1. The summed E-state index contributed by atoms with van der Waals surface area (Å²) in [6.07, 6.45) is -4.49. The number of halogens is 5. The van der Waals surface area contributed by atoms with E-state index in [9.17, 15) is 17.6 Å². The molecule has 0 aliphatic rings. The first-order chi connectivity index (χ1) is 5.96. The van der Waals surface area contributed by atoms with E-state index in [-0.39, 0.29) is 10.0 Å². The lowest BCUT2D eigenvalue weighted by atomic mass is 10.1. The van der Waals surface area contributed by atoms with Crippen LogP contribution in [0.3, 0.4) is 0 Å². The molecule has 1 aromatic rings. The summed E-state index contributed by atoms with van der Waals surface area (Å²) in [5, 5.41) is 0. The lowest BCUT2D eigenvalue weighted by molar-refractivity contribution is -0.138. The number of alkyl halides is 4. The Morgan fingerprint density at radius 1 is 1.23 bits per heavy atom. The van der Waals surface area contributed by atoms with Crippen molar-refractivity contribution >= 4 is 15.9 Å². The Bertz CT molecular complexity index is 306. The maximum atomic E-state index is 12.2. The Morgan fingerprint density at radius 2 is 1.85 bits per heavy atom. The number of rotatable bonds is 1. The van der Waals surface area contributed by atoms with Crippen molar-refractivity contribution in [2.24, 2.45) is 0 Å². The van der Waals surface area contributed by atoms with Crippen LogP contribution in [0.15, 0.2) is 22.7 Å². The maximum absolute atomic E-state index is 12.2. The lowest BCUT2D eigenvalue weighted by Crippen LogP contribution is -2.08. The monoisotopic (exact) mass is 256 g/mol. The summed E-state index contributed by atoms with van der Waals surface area (Å²) in [6, 6.07) is 3.47. The van der Waals surface area contributed by atoms with Crippen LogP contribution in [0.5, 0.6) is 0 Å². The van der Waals surface area contributed by atoms with E-state index in [1.54, 1.807) is 0 Å². The van der Waals surface area contributed by atoms with Gasteiger partial charge in [-0.3, -0.25) is 0 Å². The number of benzene rings is 1. The molecule has 0 spiro atoms. The van der Waals surface area contributed by atoms with E-state index in [1.165, 1.54) is 12.1 Å². The highest BCUT2D eigenvalue weighted by Crippen LogP contribution is 2.35. The first-order valence-corrected chi connectivity index (χ1v) is 4.16. The van der Waals surface area contributed by atoms with Gasteiger partial charge in [0.2, 0.25) is 0 Å². The standard InChI is InChI=1S/C8H5BrF4/c9-7-3-1-2-6(5(7)4-10)8(11,12)13/h1-3H,4H2. The van der Waals surface area contributed by atoms with Crippen LogP contribution in [0.1, 0.15) is 11.1 Å². The lowest BCUT2D eigenvalue weighted by Gasteiger charge is -2.11. The zero-order valence-electron chi connectivity index (χ0n) is 6.33. The van der Waals surface area contributed by atoms with Crippen molar-refractivity contribution < 1.29 is 17.6 Å². The van der Waals surface area contributed by atoms with Crippen LogP contribution in [-0.2, 0) is 12.9 Å². The van der Waals surface area contributed by atoms with Crippen LogP contribution in [0.4, 0.5) is 17.6 Å². The van der Waals surface area contributed by atoms with Crippen molar-refractivity contribution in [3.63, 3.8) is 0 Å². The fourth-order valence-corrected chi connectivity index (χ4v) is 1.43. The predicted molar refractivity (Wildman–Crippen MR) is 44.0 cm³/mol. The van der Waals surface area contributed by atoms with Gasteiger partial charge in [-0.15, -0.1) is 0 Å².